The molecule has 0 unspecified atom stereocenters. The van der Waals surface area contributed by atoms with Crippen molar-refractivity contribution in [1.29, 1.82) is 0 Å². The van der Waals surface area contributed by atoms with Gasteiger partial charge in [-0.1, -0.05) is 58.4 Å². The Morgan fingerprint density at radius 2 is 1.82 bits per heavy atom. The summed E-state index contributed by atoms with van der Waals surface area (Å²) in [6, 6.07) is 16.9. The SMILES string of the molecule is O=c1[nH]c(=O)n(Cc2ccccc2)c(O)c1C1=NN[C@@H](c2ccc(Br)cc2)C1. The first kappa shape index (κ1) is 18.2. The minimum absolute atomic E-state index is 0.0163. The van der Waals surface area contributed by atoms with Crippen molar-refractivity contribution in [2.75, 3.05) is 0 Å². The number of rotatable bonds is 4. The zero-order chi connectivity index (χ0) is 19.7. The van der Waals surface area contributed by atoms with Gasteiger partial charge in [-0.15, -0.1) is 0 Å². The average molecular weight is 441 g/mol. The van der Waals surface area contributed by atoms with Crippen molar-refractivity contribution in [3.63, 3.8) is 0 Å². The minimum Gasteiger partial charge on any atom is -0.494 e. The highest BCUT2D eigenvalue weighted by molar-refractivity contribution is 9.10. The fraction of sp³-hybridized carbons (Fsp3) is 0.150. The molecule has 1 aliphatic rings. The summed E-state index contributed by atoms with van der Waals surface area (Å²) in [5.74, 6) is -0.380. The summed E-state index contributed by atoms with van der Waals surface area (Å²) < 4.78 is 2.11. The zero-order valence-corrected chi connectivity index (χ0v) is 16.3. The molecule has 1 atom stereocenters. The van der Waals surface area contributed by atoms with Crippen LogP contribution in [-0.2, 0) is 6.54 Å². The number of hydrogen-bond acceptors (Lipinski definition) is 5. The van der Waals surface area contributed by atoms with E-state index in [1.807, 2.05) is 54.6 Å². The van der Waals surface area contributed by atoms with E-state index in [0.717, 1.165) is 20.2 Å². The van der Waals surface area contributed by atoms with Crippen molar-refractivity contribution >= 4 is 21.6 Å². The van der Waals surface area contributed by atoms with Crippen LogP contribution in [0, 0.1) is 0 Å². The highest BCUT2D eigenvalue weighted by Gasteiger charge is 2.27. The standard InChI is InChI=1S/C20H17BrN4O3/c21-14-8-6-13(7-9-14)15-10-16(24-23-15)17-18(26)22-20(28)25(19(17)27)11-12-4-2-1-3-5-12/h1-9,15,23,27H,10-11H2,(H,22,26,28)/t15-/m1/s1. The Balaban J connectivity index is 1.66. The van der Waals surface area contributed by atoms with Crippen molar-refractivity contribution in [2.45, 2.75) is 19.0 Å². The second kappa shape index (κ2) is 7.47. The lowest BCUT2D eigenvalue weighted by molar-refractivity contribution is 0.408. The van der Waals surface area contributed by atoms with Crippen molar-refractivity contribution in [3.05, 3.63) is 96.6 Å². The third-order valence-corrected chi connectivity index (χ3v) is 5.20. The Labute approximate surface area is 168 Å². The molecule has 0 spiro atoms. The summed E-state index contributed by atoms with van der Waals surface area (Å²) in [7, 11) is 0. The van der Waals surface area contributed by atoms with E-state index in [9.17, 15) is 14.7 Å². The van der Waals surface area contributed by atoms with E-state index in [2.05, 4.69) is 31.4 Å². The average Bonchev–Trinajstić information content (AvgIpc) is 3.16. The van der Waals surface area contributed by atoms with Crippen molar-refractivity contribution in [1.82, 2.24) is 15.0 Å². The Kier molecular flexibility index (Phi) is 4.87. The number of aromatic amines is 1. The molecule has 3 aromatic rings. The molecule has 0 fully saturated rings. The van der Waals surface area contributed by atoms with Gasteiger partial charge in [-0.2, -0.15) is 5.10 Å². The first-order valence-corrected chi connectivity index (χ1v) is 9.50. The molecule has 3 N–H and O–H groups in total. The van der Waals surface area contributed by atoms with Gasteiger partial charge in [0.2, 0.25) is 5.88 Å². The van der Waals surface area contributed by atoms with Gasteiger partial charge in [-0.05, 0) is 23.3 Å². The highest BCUT2D eigenvalue weighted by Crippen LogP contribution is 2.27. The molecule has 0 radical (unpaired) electrons. The van der Waals surface area contributed by atoms with E-state index >= 15 is 0 Å². The summed E-state index contributed by atoms with van der Waals surface area (Å²) in [6.45, 7) is 0.145. The summed E-state index contributed by atoms with van der Waals surface area (Å²) in [5.41, 5.74) is 3.96. The quantitative estimate of drug-likeness (QED) is 0.580. The maximum Gasteiger partial charge on any atom is 0.331 e. The second-order valence-electron chi connectivity index (χ2n) is 6.53. The molecule has 8 heteroatoms. The molecule has 4 rings (SSSR count). The van der Waals surface area contributed by atoms with Gasteiger partial charge in [-0.3, -0.25) is 14.3 Å². The molecule has 0 saturated carbocycles. The third-order valence-electron chi connectivity index (χ3n) is 4.67. The Morgan fingerprint density at radius 1 is 1.11 bits per heavy atom. The van der Waals surface area contributed by atoms with Crippen molar-refractivity contribution in [2.24, 2.45) is 5.10 Å². The van der Waals surface area contributed by atoms with Crippen LogP contribution in [0.3, 0.4) is 0 Å². The maximum atomic E-state index is 12.4. The number of nitrogens with zero attached hydrogens (tertiary/aromatic N) is 2. The van der Waals surface area contributed by atoms with Gasteiger partial charge < -0.3 is 10.5 Å². The molecule has 2 aromatic carbocycles. The van der Waals surface area contributed by atoms with Crippen molar-refractivity contribution in [3.8, 4) is 5.88 Å². The fourth-order valence-corrected chi connectivity index (χ4v) is 3.48. The summed E-state index contributed by atoms with van der Waals surface area (Å²) >= 11 is 3.40. The topological polar surface area (TPSA) is 99.5 Å². The molecular weight excluding hydrogens is 424 g/mol. The largest absolute Gasteiger partial charge is 0.494 e. The van der Waals surface area contributed by atoms with Crippen LogP contribution in [-0.4, -0.2) is 20.4 Å². The molecule has 0 amide bonds. The van der Waals surface area contributed by atoms with Crippen LogP contribution in [0.5, 0.6) is 5.88 Å². The fourth-order valence-electron chi connectivity index (χ4n) is 3.22. The maximum absolute atomic E-state index is 12.4. The van der Waals surface area contributed by atoms with E-state index in [0.29, 0.717) is 12.1 Å². The van der Waals surface area contributed by atoms with E-state index < -0.39 is 11.2 Å². The summed E-state index contributed by atoms with van der Waals surface area (Å²) in [4.78, 5) is 26.9. The van der Waals surface area contributed by atoms with Crippen LogP contribution in [0.4, 0.5) is 0 Å². The normalized spacial score (nSPS) is 15.9. The van der Waals surface area contributed by atoms with E-state index in [1.54, 1.807) is 0 Å². The molecule has 28 heavy (non-hydrogen) atoms. The first-order valence-electron chi connectivity index (χ1n) is 8.71. The first-order chi connectivity index (χ1) is 13.5. The number of halogens is 1. The lowest BCUT2D eigenvalue weighted by atomic mass is 10.00. The molecule has 0 saturated heterocycles. The van der Waals surface area contributed by atoms with Crippen LogP contribution >= 0.6 is 15.9 Å². The Hall–Kier alpha value is -3.13. The van der Waals surface area contributed by atoms with E-state index in [-0.39, 0.29) is 24.0 Å². The Bertz CT molecular complexity index is 1150. The van der Waals surface area contributed by atoms with Gasteiger partial charge in [0.05, 0.1) is 18.3 Å². The van der Waals surface area contributed by atoms with Gasteiger partial charge >= 0.3 is 5.69 Å². The molecular formula is C20H17BrN4O3. The number of H-pyrrole nitrogens is 1. The predicted molar refractivity (Wildman–Crippen MR) is 110 cm³/mol. The lowest BCUT2D eigenvalue weighted by Gasteiger charge is -2.12. The zero-order valence-electron chi connectivity index (χ0n) is 14.7. The molecule has 0 aliphatic carbocycles. The number of hydrogen-bond donors (Lipinski definition) is 3. The molecule has 1 aliphatic heterocycles. The minimum atomic E-state index is -0.661. The van der Waals surface area contributed by atoms with Gasteiger partial charge in [-0.25, -0.2) is 4.79 Å². The number of aromatic nitrogens is 2. The van der Waals surface area contributed by atoms with Crippen LogP contribution < -0.4 is 16.7 Å². The van der Waals surface area contributed by atoms with Crippen molar-refractivity contribution < 1.29 is 5.11 Å². The number of hydrazone groups is 1. The number of nitrogens with one attached hydrogen (secondary N) is 2. The summed E-state index contributed by atoms with van der Waals surface area (Å²) in [6.07, 6.45) is 0.418. The molecule has 0 bridgehead atoms. The highest BCUT2D eigenvalue weighted by atomic mass is 79.9. The van der Waals surface area contributed by atoms with E-state index in [4.69, 9.17) is 0 Å². The van der Waals surface area contributed by atoms with Gasteiger partial charge in [0.15, 0.2) is 0 Å². The third kappa shape index (κ3) is 3.50. The number of benzene rings is 2. The lowest BCUT2D eigenvalue weighted by Crippen LogP contribution is -2.34. The monoisotopic (exact) mass is 440 g/mol. The van der Waals surface area contributed by atoms with Crippen LogP contribution in [0.1, 0.15) is 29.2 Å². The van der Waals surface area contributed by atoms with Crippen LogP contribution in [0.15, 0.2) is 73.8 Å². The second-order valence-corrected chi connectivity index (χ2v) is 7.44. The van der Waals surface area contributed by atoms with Gasteiger partial charge in [0.25, 0.3) is 5.56 Å². The smallest absolute Gasteiger partial charge is 0.331 e. The summed E-state index contributed by atoms with van der Waals surface area (Å²) in [5, 5.41) is 14.9. The molecule has 2 heterocycles. The van der Waals surface area contributed by atoms with Gasteiger partial charge in [0.1, 0.15) is 5.56 Å². The van der Waals surface area contributed by atoms with E-state index in [1.165, 1.54) is 0 Å². The predicted octanol–water partition coefficient (Wildman–Crippen LogP) is 2.49. The number of aromatic hydroxyl groups is 1. The molecule has 1 aromatic heterocycles. The van der Waals surface area contributed by atoms with Gasteiger partial charge in [0, 0.05) is 10.9 Å². The van der Waals surface area contributed by atoms with Crippen LogP contribution in [0.2, 0.25) is 0 Å². The molecule has 142 valence electrons. The van der Waals surface area contributed by atoms with Crippen LogP contribution in [0.25, 0.3) is 0 Å². The molecule has 7 nitrogen and oxygen atoms in total. The Morgan fingerprint density at radius 3 is 2.54 bits per heavy atom.